The number of carboxylic acids is 2. The molecule has 170 valence electrons. The molecule has 2 rings (SSSR count). The molecule has 8 heteroatoms. The normalized spacial score (nSPS) is 20.5. The Morgan fingerprint density at radius 1 is 0.935 bits per heavy atom. The molecule has 1 aliphatic rings. The second-order valence-electron chi connectivity index (χ2n) is 8.62. The van der Waals surface area contributed by atoms with Gasteiger partial charge in [0, 0.05) is 6.42 Å². The lowest BCUT2D eigenvalue weighted by molar-refractivity contribution is -0.149. The molecule has 8 nitrogen and oxygen atoms in total. The van der Waals surface area contributed by atoms with Crippen LogP contribution in [0.5, 0.6) is 0 Å². The molecule has 0 radical (unpaired) electrons. The van der Waals surface area contributed by atoms with Crippen LogP contribution in [-0.4, -0.2) is 46.0 Å². The predicted molar refractivity (Wildman–Crippen MR) is 114 cm³/mol. The molecule has 0 spiro atoms. The lowest BCUT2D eigenvalue weighted by Crippen LogP contribution is -2.54. The van der Waals surface area contributed by atoms with Gasteiger partial charge in [0.2, 0.25) is 11.8 Å². The van der Waals surface area contributed by atoms with Gasteiger partial charge in [-0.1, -0.05) is 57.0 Å². The Bertz CT molecular complexity index is 780. The third-order valence-corrected chi connectivity index (χ3v) is 5.66. The number of rotatable bonds is 10. The van der Waals surface area contributed by atoms with Crippen LogP contribution in [0.1, 0.15) is 51.5 Å². The zero-order valence-electron chi connectivity index (χ0n) is 18.0. The number of nitrogens with one attached hydrogen (secondary N) is 2. The number of aliphatic carboxylic acids is 2. The average molecular weight is 433 g/mol. The Balaban J connectivity index is 2.19. The van der Waals surface area contributed by atoms with E-state index in [1.807, 2.05) is 44.2 Å². The Hall–Kier alpha value is -2.90. The number of carbonyl (C=O) groups is 4. The Labute approximate surface area is 182 Å². The summed E-state index contributed by atoms with van der Waals surface area (Å²) in [7, 11) is 0. The molecule has 1 aliphatic carbocycles. The minimum atomic E-state index is -1.13. The van der Waals surface area contributed by atoms with Crippen LogP contribution in [-0.2, 0) is 25.6 Å². The van der Waals surface area contributed by atoms with E-state index < -0.39 is 47.7 Å². The lowest BCUT2D eigenvalue weighted by Gasteiger charge is -2.29. The van der Waals surface area contributed by atoms with Crippen molar-refractivity contribution in [2.45, 2.75) is 64.5 Å². The van der Waals surface area contributed by atoms with Crippen molar-refractivity contribution in [2.24, 2.45) is 17.8 Å². The average Bonchev–Trinajstić information content (AvgIpc) is 2.73. The smallest absolute Gasteiger partial charge is 0.326 e. The fourth-order valence-corrected chi connectivity index (χ4v) is 4.04. The van der Waals surface area contributed by atoms with Gasteiger partial charge in [-0.25, -0.2) is 4.79 Å². The van der Waals surface area contributed by atoms with Gasteiger partial charge in [-0.3, -0.25) is 14.4 Å². The number of hydrogen-bond acceptors (Lipinski definition) is 4. The van der Waals surface area contributed by atoms with Crippen molar-refractivity contribution in [2.75, 3.05) is 0 Å². The van der Waals surface area contributed by atoms with Gasteiger partial charge in [-0.05, 0) is 30.7 Å². The summed E-state index contributed by atoms with van der Waals surface area (Å²) in [5.41, 5.74) is 0.803. The topological polar surface area (TPSA) is 133 Å². The molecule has 0 heterocycles. The van der Waals surface area contributed by atoms with Crippen LogP contribution in [0, 0.1) is 17.8 Å². The van der Waals surface area contributed by atoms with Crippen LogP contribution >= 0.6 is 0 Å². The Morgan fingerprint density at radius 2 is 1.55 bits per heavy atom. The molecule has 0 aliphatic heterocycles. The molecule has 1 fully saturated rings. The molecule has 0 aromatic heterocycles. The van der Waals surface area contributed by atoms with Crippen LogP contribution in [0.4, 0.5) is 0 Å². The number of benzene rings is 1. The van der Waals surface area contributed by atoms with Crippen molar-refractivity contribution in [1.29, 1.82) is 0 Å². The van der Waals surface area contributed by atoms with Crippen molar-refractivity contribution in [3.05, 3.63) is 35.9 Å². The van der Waals surface area contributed by atoms with Gasteiger partial charge in [0.05, 0.1) is 11.8 Å². The predicted octanol–water partition coefficient (Wildman–Crippen LogP) is 2.22. The van der Waals surface area contributed by atoms with E-state index in [9.17, 15) is 29.4 Å². The standard InChI is InChI=1S/C23H32N2O6/c1-14(2)12-19(23(30)31)25-21(27)18(13-15-8-4-3-5-9-15)24-20(26)16-10-6-7-11-17(16)22(28)29/h3-5,8-9,14,16-19H,6-7,10-13H2,1-2H3,(H,24,26)(H,25,27)(H,28,29)(H,30,31)/t16-,17-,18+,19+/m1/s1. The van der Waals surface area contributed by atoms with Crippen molar-refractivity contribution >= 4 is 23.8 Å². The molecule has 4 N–H and O–H groups in total. The number of carboxylic acid groups (broad SMARTS) is 2. The van der Waals surface area contributed by atoms with E-state index in [0.717, 1.165) is 18.4 Å². The molecule has 1 aromatic rings. The van der Waals surface area contributed by atoms with Gasteiger partial charge in [-0.2, -0.15) is 0 Å². The maximum Gasteiger partial charge on any atom is 0.326 e. The minimum absolute atomic E-state index is 0.0575. The molecule has 0 saturated heterocycles. The summed E-state index contributed by atoms with van der Waals surface area (Å²) in [6.07, 6.45) is 2.83. The number of amides is 2. The van der Waals surface area contributed by atoms with Gasteiger partial charge in [0.1, 0.15) is 12.1 Å². The van der Waals surface area contributed by atoms with E-state index >= 15 is 0 Å². The molecule has 2 amide bonds. The SMILES string of the molecule is CC(C)C[C@H](NC(=O)[C@H](Cc1ccccc1)NC(=O)[C@@H]1CCCC[C@H]1C(=O)O)C(=O)O. The minimum Gasteiger partial charge on any atom is -0.481 e. The summed E-state index contributed by atoms with van der Waals surface area (Å²) < 4.78 is 0. The van der Waals surface area contributed by atoms with Crippen LogP contribution in [0.3, 0.4) is 0 Å². The second-order valence-corrected chi connectivity index (χ2v) is 8.62. The third kappa shape index (κ3) is 7.38. The Kier molecular flexibility index (Phi) is 9.03. The van der Waals surface area contributed by atoms with Gasteiger partial charge in [0.15, 0.2) is 0 Å². The van der Waals surface area contributed by atoms with Crippen LogP contribution in [0.25, 0.3) is 0 Å². The molecular formula is C23H32N2O6. The first-order valence-electron chi connectivity index (χ1n) is 10.8. The third-order valence-electron chi connectivity index (χ3n) is 5.66. The first-order valence-corrected chi connectivity index (χ1v) is 10.8. The zero-order chi connectivity index (χ0) is 23.0. The first kappa shape index (κ1) is 24.4. The number of hydrogen-bond donors (Lipinski definition) is 4. The highest BCUT2D eigenvalue weighted by molar-refractivity contribution is 5.92. The van der Waals surface area contributed by atoms with E-state index in [-0.39, 0.29) is 18.8 Å². The van der Waals surface area contributed by atoms with E-state index in [1.165, 1.54) is 0 Å². The van der Waals surface area contributed by atoms with Crippen LogP contribution in [0.2, 0.25) is 0 Å². The maximum absolute atomic E-state index is 13.0. The molecule has 31 heavy (non-hydrogen) atoms. The molecule has 0 unspecified atom stereocenters. The highest BCUT2D eigenvalue weighted by atomic mass is 16.4. The van der Waals surface area contributed by atoms with Crippen molar-refractivity contribution in [1.82, 2.24) is 10.6 Å². The van der Waals surface area contributed by atoms with Gasteiger partial charge in [0.25, 0.3) is 0 Å². The largest absolute Gasteiger partial charge is 0.481 e. The Morgan fingerprint density at radius 3 is 2.10 bits per heavy atom. The molecular weight excluding hydrogens is 400 g/mol. The molecule has 1 saturated carbocycles. The van der Waals surface area contributed by atoms with Crippen molar-refractivity contribution in [3.8, 4) is 0 Å². The van der Waals surface area contributed by atoms with E-state index in [4.69, 9.17) is 0 Å². The van der Waals surface area contributed by atoms with E-state index in [2.05, 4.69) is 10.6 Å². The summed E-state index contributed by atoms with van der Waals surface area (Å²) in [4.78, 5) is 49.1. The molecule has 0 bridgehead atoms. The van der Waals surface area contributed by atoms with Gasteiger partial charge >= 0.3 is 11.9 Å². The van der Waals surface area contributed by atoms with E-state index in [0.29, 0.717) is 12.8 Å². The maximum atomic E-state index is 13.0. The summed E-state index contributed by atoms with van der Waals surface area (Å²) in [6, 6.07) is 7.02. The highest BCUT2D eigenvalue weighted by Crippen LogP contribution is 2.30. The summed E-state index contributed by atoms with van der Waals surface area (Å²) >= 11 is 0. The lowest BCUT2D eigenvalue weighted by atomic mass is 9.78. The fraction of sp³-hybridized carbons (Fsp3) is 0.565. The van der Waals surface area contributed by atoms with Gasteiger partial charge in [-0.15, -0.1) is 0 Å². The summed E-state index contributed by atoms with van der Waals surface area (Å²) in [5.74, 6) is -4.63. The van der Waals surface area contributed by atoms with Crippen LogP contribution < -0.4 is 10.6 Å². The molecule has 4 atom stereocenters. The van der Waals surface area contributed by atoms with Crippen LogP contribution in [0.15, 0.2) is 30.3 Å². The quantitative estimate of drug-likeness (QED) is 0.448. The first-order chi connectivity index (χ1) is 14.7. The number of carbonyl (C=O) groups excluding carboxylic acids is 2. The van der Waals surface area contributed by atoms with E-state index in [1.54, 1.807) is 0 Å². The summed E-state index contributed by atoms with van der Waals surface area (Å²) in [6.45, 7) is 3.72. The highest BCUT2D eigenvalue weighted by Gasteiger charge is 2.37. The zero-order valence-corrected chi connectivity index (χ0v) is 18.0. The van der Waals surface area contributed by atoms with Crippen molar-refractivity contribution in [3.63, 3.8) is 0 Å². The van der Waals surface area contributed by atoms with Crippen molar-refractivity contribution < 1.29 is 29.4 Å². The monoisotopic (exact) mass is 432 g/mol. The molecule has 1 aromatic carbocycles. The fourth-order valence-electron chi connectivity index (χ4n) is 4.04. The van der Waals surface area contributed by atoms with Gasteiger partial charge < -0.3 is 20.8 Å². The summed E-state index contributed by atoms with van der Waals surface area (Å²) in [5, 5.41) is 24.2. The second kappa shape index (κ2) is 11.5.